The lowest BCUT2D eigenvalue weighted by Crippen LogP contribution is -2.46. The number of rotatable bonds is 8. The molecule has 0 fully saturated rings. The van der Waals surface area contributed by atoms with E-state index >= 15 is 0 Å². The molecule has 1 aromatic heterocycles. The van der Waals surface area contributed by atoms with Crippen LogP contribution in [0.4, 0.5) is 4.39 Å². The largest absolute Gasteiger partial charge is 0.346 e. The highest BCUT2D eigenvalue weighted by atomic mass is 32.1. The number of hydrogen-bond donors (Lipinski definition) is 5. The molecule has 5 N–H and O–H groups in total. The smallest absolute Gasteiger partial charge is 0.251 e. The molecule has 1 aliphatic rings. The van der Waals surface area contributed by atoms with Gasteiger partial charge in [-0.2, -0.15) is 0 Å². The van der Waals surface area contributed by atoms with E-state index in [0.29, 0.717) is 17.7 Å². The van der Waals surface area contributed by atoms with E-state index in [1.54, 1.807) is 28.0 Å². The quantitative estimate of drug-likeness (QED) is 0.264. The summed E-state index contributed by atoms with van der Waals surface area (Å²) in [4.78, 5) is 24.2. The second-order valence-corrected chi connectivity index (χ2v) is 8.25. The van der Waals surface area contributed by atoms with Crippen LogP contribution in [0.15, 0.2) is 65.8 Å². The normalized spacial score (nSPS) is 14.1. The molecular weight excluding hydrogens is 433 g/mol. The third-order valence-electron chi connectivity index (χ3n) is 5.14. The molecule has 0 unspecified atom stereocenters. The zero-order chi connectivity index (χ0) is 22.5. The van der Waals surface area contributed by atoms with Gasteiger partial charge in [-0.3, -0.25) is 19.8 Å². The number of hydrogen-bond acceptors (Lipinski definition) is 7. The molecule has 3 aromatic rings. The Hall–Kier alpha value is -3.47. The molecule has 8 nitrogen and oxygen atoms in total. The first-order chi connectivity index (χ1) is 15.5. The van der Waals surface area contributed by atoms with Crippen molar-refractivity contribution in [1.29, 1.82) is 0 Å². The molecular formula is C22H22FN5O3S. The summed E-state index contributed by atoms with van der Waals surface area (Å²) in [6, 6.07) is 13.1. The van der Waals surface area contributed by atoms with Crippen molar-refractivity contribution in [3.63, 3.8) is 0 Å². The number of benzene rings is 2. The Bertz CT molecular complexity index is 1150. The van der Waals surface area contributed by atoms with Crippen molar-refractivity contribution in [3.8, 4) is 0 Å². The molecule has 0 aliphatic carbocycles. The van der Waals surface area contributed by atoms with E-state index < -0.39 is 11.7 Å². The van der Waals surface area contributed by atoms with E-state index in [1.807, 2.05) is 18.2 Å². The zero-order valence-corrected chi connectivity index (χ0v) is 17.8. The third kappa shape index (κ3) is 5.05. The zero-order valence-electron chi connectivity index (χ0n) is 17.0. The van der Waals surface area contributed by atoms with Crippen LogP contribution < -0.4 is 21.8 Å². The Balaban J connectivity index is 1.44. The van der Waals surface area contributed by atoms with Gasteiger partial charge in [0.15, 0.2) is 0 Å². The SMILES string of the molecule is O=C(C[C@@H](Cc1csc2ccccc12)N1C=C(CNC(=O)c2ccc(F)cc2)NN1)NO. The first-order valence-corrected chi connectivity index (χ1v) is 10.8. The van der Waals surface area contributed by atoms with E-state index in [2.05, 4.69) is 27.7 Å². The number of thiophene rings is 1. The number of nitrogens with one attached hydrogen (secondary N) is 4. The summed E-state index contributed by atoms with van der Waals surface area (Å²) in [5.41, 5.74) is 9.82. The van der Waals surface area contributed by atoms with Gasteiger partial charge in [0.05, 0.1) is 24.7 Å². The van der Waals surface area contributed by atoms with Gasteiger partial charge in [0.2, 0.25) is 5.91 Å². The van der Waals surface area contributed by atoms with Crippen LogP contribution in [0.2, 0.25) is 0 Å². The molecule has 4 rings (SSSR count). The Labute approximate surface area is 187 Å². The van der Waals surface area contributed by atoms with E-state index in [9.17, 15) is 14.0 Å². The molecule has 0 radical (unpaired) electrons. The summed E-state index contributed by atoms with van der Waals surface area (Å²) < 4.78 is 14.2. The summed E-state index contributed by atoms with van der Waals surface area (Å²) in [7, 11) is 0. The number of amides is 2. The van der Waals surface area contributed by atoms with Crippen LogP contribution in [0.3, 0.4) is 0 Å². The lowest BCUT2D eigenvalue weighted by atomic mass is 10.0. The van der Waals surface area contributed by atoms with Crippen LogP contribution >= 0.6 is 11.3 Å². The molecule has 2 aromatic carbocycles. The second-order valence-electron chi connectivity index (χ2n) is 7.34. The Morgan fingerprint density at radius 2 is 1.94 bits per heavy atom. The maximum absolute atomic E-state index is 13.0. The van der Waals surface area contributed by atoms with E-state index in [-0.39, 0.29) is 24.9 Å². The molecule has 0 bridgehead atoms. The number of halogens is 1. The van der Waals surface area contributed by atoms with Gasteiger partial charge in [0.25, 0.3) is 5.91 Å². The molecule has 32 heavy (non-hydrogen) atoms. The number of hydroxylamine groups is 1. The monoisotopic (exact) mass is 455 g/mol. The summed E-state index contributed by atoms with van der Waals surface area (Å²) in [5.74, 6) is -1.23. The topological polar surface area (TPSA) is 106 Å². The Kier molecular flexibility index (Phi) is 6.64. The molecule has 0 spiro atoms. The molecule has 0 saturated carbocycles. The van der Waals surface area contributed by atoms with Gasteiger partial charge in [-0.25, -0.2) is 9.87 Å². The minimum Gasteiger partial charge on any atom is -0.346 e. The van der Waals surface area contributed by atoms with Gasteiger partial charge < -0.3 is 10.7 Å². The molecule has 166 valence electrons. The summed E-state index contributed by atoms with van der Waals surface area (Å²) in [6.07, 6.45) is 2.40. The molecule has 2 heterocycles. The van der Waals surface area contributed by atoms with Crippen LogP contribution in [0.1, 0.15) is 22.3 Å². The van der Waals surface area contributed by atoms with Gasteiger partial charge in [-0.15, -0.1) is 16.9 Å². The number of fused-ring (bicyclic) bond motifs is 1. The average Bonchev–Trinajstić information content (AvgIpc) is 3.45. The standard InChI is InChI=1S/C22H22FN5O3S/c23-16-7-5-14(6-8-16)22(30)24-11-17-12-28(27-25-17)18(10-21(29)26-31)9-15-13-32-20-4-2-1-3-19(15)20/h1-8,12-13,18,25,27,31H,9-11H2,(H,24,30)(H,26,29)/t18-/m1/s1. The van der Waals surface area contributed by atoms with Crippen molar-refractivity contribution >= 4 is 33.2 Å². The van der Waals surface area contributed by atoms with Gasteiger partial charge in [-0.05, 0) is 53.1 Å². The fraction of sp³-hybridized carbons (Fsp3) is 0.182. The van der Waals surface area contributed by atoms with E-state index in [1.165, 1.54) is 29.0 Å². The minimum absolute atomic E-state index is 0.0566. The summed E-state index contributed by atoms with van der Waals surface area (Å²) in [6.45, 7) is 0.208. The van der Waals surface area contributed by atoms with Gasteiger partial charge in [-0.1, -0.05) is 18.2 Å². The minimum atomic E-state index is -0.497. The number of carbonyl (C=O) groups excluding carboxylic acids is 2. The maximum atomic E-state index is 13.0. The fourth-order valence-electron chi connectivity index (χ4n) is 3.51. The van der Waals surface area contributed by atoms with Crippen LogP contribution in [0.25, 0.3) is 10.1 Å². The molecule has 0 saturated heterocycles. The third-order valence-corrected chi connectivity index (χ3v) is 6.15. The lowest BCUT2D eigenvalue weighted by molar-refractivity contribution is -0.130. The predicted molar refractivity (Wildman–Crippen MR) is 119 cm³/mol. The number of carbonyl (C=O) groups is 2. The van der Waals surface area contributed by atoms with E-state index in [4.69, 9.17) is 5.21 Å². The van der Waals surface area contributed by atoms with Gasteiger partial charge in [0.1, 0.15) is 5.82 Å². The molecule has 1 atom stereocenters. The molecule has 2 amide bonds. The highest BCUT2D eigenvalue weighted by molar-refractivity contribution is 7.17. The van der Waals surface area contributed by atoms with Crippen LogP contribution in [0, 0.1) is 5.82 Å². The van der Waals surface area contributed by atoms with Crippen molar-refractivity contribution in [2.24, 2.45) is 0 Å². The molecule has 1 aliphatic heterocycles. The number of nitrogens with zero attached hydrogens (tertiary/aromatic N) is 1. The van der Waals surface area contributed by atoms with Crippen LogP contribution in [-0.4, -0.2) is 34.6 Å². The van der Waals surface area contributed by atoms with Crippen LogP contribution in [-0.2, 0) is 11.2 Å². The first kappa shape index (κ1) is 21.8. The summed E-state index contributed by atoms with van der Waals surface area (Å²) >= 11 is 1.64. The maximum Gasteiger partial charge on any atom is 0.251 e. The first-order valence-electron chi connectivity index (χ1n) is 9.96. The highest BCUT2D eigenvalue weighted by Crippen LogP contribution is 2.28. The van der Waals surface area contributed by atoms with Crippen molar-refractivity contribution in [1.82, 2.24) is 26.8 Å². The predicted octanol–water partition coefficient (Wildman–Crippen LogP) is 2.44. The Morgan fingerprint density at radius 3 is 2.72 bits per heavy atom. The highest BCUT2D eigenvalue weighted by Gasteiger charge is 2.25. The van der Waals surface area contributed by atoms with Gasteiger partial charge in [0, 0.05) is 16.5 Å². The summed E-state index contributed by atoms with van der Waals surface area (Å²) in [5, 5.41) is 16.7. The lowest BCUT2D eigenvalue weighted by Gasteiger charge is -2.26. The van der Waals surface area contributed by atoms with Gasteiger partial charge >= 0.3 is 0 Å². The van der Waals surface area contributed by atoms with Crippen molar-refractivity contribution < 1.29 is 19.2 Å². The Morgan fingerprint density at radius 1 is 1.16 bits per heavy atom. The van der Waals surface area contributed by atoms with Crippen molar-refractivity contribution in [2.45, 2.75) is 18.9 Å². The molecule has 10 heteroatoms. The second kappa shape index (κ2) is 9.77. The number of hydrazine groups is 2. The van der Waals surface area contributed by atoms with Crippen LogP contribution in [0.5, 0.6) is 0 Å². The average molecular weight is 456 g/mol. The van der Waals surface area contributed by atoms with Crippen molar-refractivity contribution in [2.75, 3.05) is 6.54 Å². The van der Waals surface area contributed by atoms with E-state index in [0.717, 1.165) is 10.9 Å². The fourth-order valence-corrected chi connectivity index (χ4v) is 4.48. The van der Waals surface area contributed by atoms with Crippen molar-refractivity contribution in [3.05, 3.63) is 82.8 Å².